The van der Waals surface area contributed by atoms with Crippen molar-refractivity contribution in [2.75, 3.05) is 14.2 Å². The molecule has 2 aromatic carbocycles. The molecule has 0 bridgehead atoms. The van der Waals surface area contributed by atoms with E-state index in [0.29, 0.717) is 6.54 Å². The van der Waals surface area contributed by atoms with Gasteiger partial charge in [-0.2, -0.15) is 0 Å². The molecule has 3 rings (SSSR count). The lowest BCUT2D eigenvalue weighted by Gasteiger charge is -2.25. The van der Waals surface area contributed by atoms with E-state index >= 15 is 0 Å². The van der Waals surface area contributed by atoms with E-state index in [-0.39, 0.29) is 29.7 Å². The predicted octanol–water partition coefficient (Wildman–Crippen LogP) is 3.66. The molecule has 1 N–H and O–H groups in total. The molecule has 138 valence electrons. The van der Waals surface area contributed by atoms with Crippen LogP contribution in [-0.2, 0) is 16.1 Å². The van der Waals surface area contributed by atoms with Gasteiger partial charge in [0, 0.05) is 18.5 Å². The Bertz CT molecular complexity index is 730. The van der Waals surface area contributed by atoms with Gasteiger partial charge < -0.3 is 14.8 Å². The first kappa shape index (κ1) is 18.4. The Morgan fingerprint density at radius 2 is 1.77 bits per heavy atom. The highest BCUT2D eigenvalue weighted by Gasteiger charge is 2.41. The van der Waals surface area contributed by atoms with Crippen LogP contribution in [0.25, 0.3) is 0 Å². The second-order valence-electron chi connectivity index (χ2n) is 6.62. The Balaban J connectivity index is 1.75. The molecular formula is C21H24FNO3. The van der Waals surface area contributed by atoms with E-state index in [9.17, 15) is 9.18 Å². The molecule has 0 radical (unpaired) electrons. The molecule has 0 spiro atoms. The van der Waals surface area contributed by atoms with Gasteiger partial charge in [-0.25, -0.2) is 4.39 Å². The van der Waals surface area contributed by atoms with Crippen molar-refractivity contribution in [2.45, 2.75) is 31.3 Å². The van der Waals surface area contributed by atoms with Crippen LogP contribution in [0.5, 0.6) is 5.75 Å². The first-order valence-corrected chi connectivity index (χ1v) is 8.82. The minimum atomic E-state index is -0.274. The first-order chi connectivity index (χ1) is 12.6. The third-order valence-corrected chi connectivity index (χ3v) is 5.14. The lowest BCUT2D eigenvalue weighted by atomic mass is 9.86. The summed E-state index contributed by atoms with van der Waals surface area (Å²) in [7, 11) is 3.06. The molecular weight excluding hydrogens is 333 g/mol. The lowest BCUT2D eigenvalue weighted by Crippen LogP contribution is -2.34. The number of hydrogen-bond donors (Lipinski definition) is 1. The molecule has 26 heavy (non-hydrogen) atoms. The molecule has 4 nitrogen and oxygen atoms in total. The van der Waals surface area contributed by atoms with E-state index in [1.54, 1.807) is 19.2 Å². The Kier molecular flexibility index (Phi) is 5.89. The molecule has 0 amide bonds. The number of rotatable bonds is 6. The normalized spacial score (nSPS) is 22.2. The van der Waals surface area contributed by atoms with Crippen molar-refractivity contribution in [3.05, 3.63) is 65.5 Å². The van der Waals surface area contributed by atoms with E-state index in [4.69, 9.17) is 9.47 Å². The highest BCUT2D eigenvalue weighted by atomic mass is 19.1. The van der Waals surface area contributed by atoms with Gasteiger partial charge in [0.05, 0.1) is 20.1 Å². The van der Waals surface area contributed by atoms with Crippen LogP contribution in [0.15, 0.2) is 48.5 Å². The van der Waals surface area contributed by atoms with Crippen molar-refractivity contribution in [1.29, 1.82) is 0 Å². The minimum absolute atomic E-state index is 0.0266. The SMILES string of the molecule is COC(=O)[C@H]1CC[C@H](NCc2ccc(OC)cc2)[C@@H]1c1ccc(F)cc1. The second kappa shape index (κ2) is 8.32. The maximum Gasteiger partial charge on any atom is 0.309 e. The minimum Gasteiger partial charge on any atom is -0.497 e. The summed E-state index contributed by atoms with van der Waals surface area (Å²) in [5, 5.41) is 3.57. The van der Waals surface area contributed by atoms with Crippen LogP contribution in [0.4, 0.5) is 4.39 Å². The fourth-order valence-electron chi connectivity index (χ4n) is 3.79. The molecule has 0 heterocycles. The largest absolute Gasteiger partial charge is 0.497 e. The number of hydrogen-bond acceptors (Lipinski definition) is 4. The zero-order valence-corrected chi connectivity index (χ0v) is 15.1. The molecule has 1 fully saturated rings. The summed E-state index contributed by atoms with van der Waals surface area (Å²) >= 11 is 0. The van der Waals surface area contributed by atoms with Crippen molar-refractivity contribution in [3.8, 4) is 5.75 Å². The summed E-state index contributed by atoms with van der Waals surface area (Å²) in [5.41, 5.74) is 2.11. The summed E-state index contributed by atoms with van der Waals surface area (Å²) < 4.78 is 23.5. The molecule has 0 saturated heterocycles. The highest BCUT2D eigenvalue weighted by Crippen LogP contribution is 2.40. The Morgan fingerprint density at radius 3 is 2.38 bits per heavy atom. The van der Waals surface area contributed by atoms with E-state index < -0.39 is 0 Å². The number of nitrogens with one attached hydrogen (secondary N) is 1. The van der Waals surface area contributed by atoms with Gasteiger partial charge in [-0.3, -0.25) is 4.79 Å². The van der Waals surface area contributed by atoms with Crippen LogP contribution in [0.3, 0.4) is 0 Å². The van der Waals surface area contributed by atoms with Crippen LogP contribution in [0, 0.1) is 11.7 Å². The molecule has 1 aliphatic rings. The quantitative estimate of drug-likeness (QED) is 0.802. The smallest absolute Gasteiger partial charge is 0.309 e. The number of carbonyl (C=O) groups excluding carboxylic acids is 1. The summed E-state index contributed by atoms with van der Waals surface area (Å²) in [6, 6.07) is 14.5. The topological polar surface area (TPSA) is 47.6 Å². The van der Waals surface area contributed by atoms with E-state index in [0.717, 1.165) is 29.7 Å². The van der Waals surface area contributed by atoms with Crippen molar-refractivity contribution >= 4 is 5.97 Å². The standard InChI is InChI=1S/C21H24FNO3/c1-25-17-9-3-14(4-10-17)13-23-19-12-11-18(21(24)26-2)20(19)15-5-7-16(22)8-6-15/h3-10,18-20,23H,11-13H2,1-2H3/t18-,19-,20+/m0/s1. The number of benzene rings is 2. The van der Waals surface area contributed by atoms with Crippen LogP contribution >= 0.6 is 0 Å². The van der Waals surface area contributed by atoms with E-state index in [1.165, 1.54) is 19.2 Å². The Hall–Kier alpha value is -2.40. The third-order valence-electron chi connectivity index (χ3n) is 5.14. The molecule has 1 saturated carbocycles. The monoisotopic (exact) mass is 357 g/mol. The highest BCUT2D eigenvalue weighted by molar-refractivity contribution is 5.74. The van der Waals surface area contributed by atoms with Gasteiger partial charge in [-0.1, -0.05) is 24.3 Å². The number of carbonyl (C=O) groups is 1. The van der Waals surface area contributed by atoms with Crippen LogP contribution in [-0.4, -0.2) is 26.2 Å². The van der Waals surface area contributed by atoms with Gasteiger partial charge in [0.25, 0.3) is 0 Å². The maximum absolute atomic E-state index is 13.3. The van der Waals surface area contributed by atoms with Gasteiger partial charge >= 0.3 is 5.97 Å². The van der Waals surface area contributed by atoms with Crippen molar-refractivity contribution < 1.29 is 18.7 Å². The molecule has 1 aliphatic carbocycles. The molecule has 5 heteroatoms. The van der Waals surface area contributed by atoms with Gasteiger partial charge in [-0.15, -0.1) is 0 Å². The number of methoxy groups -OCH3 is 2. The van der Waals surface area contributed by atoms with Gasteiger partial charge in [-0.05, 0) is 48.2 Å². The van der Waals surface area contributed by atoms with Gasteiger partial charge in [0.2, 0.25) is 0 Å². The molecule has 0 unspecified atom stereocenters. The number of halogens is 1. The summed E-state index contributed by atoms with van der Waals surface area (Å²) in [6.07, 6.45) is 1.63. The van der Waals surface area contributed by atoms with Crippen molar-refractivity contribution in [2.24, 2.45) is 5.92 Å². The lowest BCUT2D eigenvalue weighted by molar-refractivity contribution is -0.145. The van der Waals surface area contributed by atoms with Gasteiger partial charge in [0.1, 0.15) is 11.6 Å². The summed E-state index contributed by atoms with van der Waals surface area (Å²) in [6.45, 7) is 0.695. The molecule has 3 atom stereocenters. The number of ether oxygens (including phenoxy) is 2. The third kappa shape index (κ3) is 4.05. The van der Waals surface area contributed by atoms with E-state index in [2.05, 4.69) is 5.32 Å². The summed E-state index contributed by atoms with van der Waals surface area (Å²) in [4.78, 5) is 12.2. The molecule has 0 aromatic heterocycles. The summed E-state index contributed by atoms with van der Waals surface area (Å²) in [5.74, 6) is 0.113. The van der Waals surface area contributed by atoms with Crippen LogP contribution in [0.2, 0.25) is 0 Å². The van der Waals surface area contributed by atoms with Crippen LogP contribution in [0.1, 0.15) is 29.9 Å². The Morgan fingerprint density at radius 1 is 1.08 bits per heavy atom. The first-order valence-electron chi connectivity index (χ1n) is 8.82. The molecule has 2 aromatic rings. The fourth-order valence-corrected chi connectivity index (χ4v) is 3.79. The average molecular weight is 357 g/mol. The zero-order valence-electron chi connectivity index (χ0n) is 15.1. The van der Waals surface area contributed by atoms with Crippen LogP contribution < -0.4 is 10.1 Å². The second-order valence-corrected chi connectivity index (χ2v) is 6.62. The number of esters is 1. The predicted molar refractivity (Wildman–Crippen MR) is 97.5 cm³/mol. The Labute approximate surface area is 153 Å². The maximum atomic E-state index is 13.3. The van der Waals surface area contributed by atoms with E-state index in [1.807, 2.05) is 24.3 Å². The zero-order chi connectivity index (χ0) is 18.5. The average Bonchev–Trinajstić information content (AvgIpc) is 3.10. The van der Waals surface area contributed by atoms with Crippen molar-refractivity contribution in [1.82, 2.24) is 5.32 Å². The van der Waals surface area contributed by atoms with Gasteiger partial charge in [0.15, 0.2) is 0 Å². The molecule has 0 aliphatic heterocycles. The fraction of sp³-hybridized carbons (Fsp3) is 0.381. The van der Waals surface area contributed by atoms with Crippen molar-refractivity contribution in [3.63, 3.8) is 0 Å².